The Morgan fingerprint density at radius 3 is 2.95 bits per heavy atom. The first-order valence-corrected chi connectivity index (χ1v) is 8.43. The third-order valence-electron chi connectivity index (χ3n) is 3.70. The highest BCUT2D eigenvalue weighted by atomic mass is 32.1. The van der Waals surface area contributed by atoms with Gasteiger partial charge in [-0.05, 0) is 36.1 Å². The molecule has 3 nitrogen and oxygen atoms in total. The summed E-state index contributed by atoms with van der Waals surface area (Å²) in [5.41, 5.74) is 4.02. The minimum absolute atomic E-state index is 0.0692. The van der Waals surface area contributed by atoms with Crippen molar-refractivity contribution in [2.45, 2.75) is 12.8 Å². The highest BCUT2D eigenvalue weighted by molar-refractivity contribution is 7.20. The van der Waals surface area contributed by atoms with Crippen LogP contribution in [0.4, 0.5) is 5.69 Å². The fraction of sp³-hybridized carbons (Fsp3) is 0.125. The van der Waals surface area contributed by atoms with E-state index in [1.165, 1.54) is 4.88 Å². The number of benzene rings is 1. The van der Waals surface area contributed by atoms with E-state index in [1.54, 1.807) is 22.7 Å². The molecule has 0 fully saturated rings. The molecule has 3 heterocycles. The number of carbonyl (C=O) groups is 1. The van der Waals surface area contributed by atoms with E-state index in [2.05, 4.69) is 28.2 Å². The topological polar surface area (TPSA) is 42.0 Å². The Morgan fingerprint density at radius 1 is 1.24 bits per heavy atom. The molecule has 1 unspecified atom stereocenters. The van der Waals surface area contributed by atoms with Crippen LogP contribution >= 0.6 is 22.7 Å². The lowest BCUT2D eigenvalue weighted by molar-refractivity contribution is -0.116. The van der Waals surface area contributed by atoms with E-state index in [1.807, 2.05) is 25.1 Å². The molecule has 1 amide bonds. The van der Waals surface area contributed by atoms with Crippen LogP contribution < -0.4 is 5.32 Å². The number of thiophene rings is 1. The van der Waals surface area contributed by atoms with Crippen molar-refractivity contribution >= 4 is 34.3 Å². The average molecular weight is 312 g/mol. The Balaban J connectivity index is 1.74. The van der Waals surface area contributed by atoms with Crippen molar-refractivity contribution in [3.8, 4) is 21.1 Å². The van der Waals surface area contributed by atoms with E-state index in [-0.39, 0.29) is 11.8 Å². The highest BCUT2D eigenvalue weighted by Crippen LogP contribution is 2.37. The van der Waals surface area contributed by atoms with Crippen LogP contribution in [0.3, 0.4) is 0 Å². The van der Waals surface area contributed by atoms with E-state index in [0.717, 1.165) is 27.5 Å². The number of anilines is 1. The molecule has 1 aliphatic rings. The van der Waals surface area contributed by atoms with Crippen molar-refractivity contribution in [1.82, 2.24) is 4.98 Å². The fourth-order valence-corrected chi connectivity index (χ4v) is 4.14. The van der Waals surface area contributed by atoms with Gasteiger partial charge in [0.05, 0.1) is 16.5 Å². The molecule has 104 valence electrons. The van der Waals surface area contributed by atoms with Crippen LogP contribution in [-0.4, -0.2) is 10.9 Å². The zero-order valence-electron chi connectivity index (χ0n) is 11.3. The quantitative estimate of drug-likeness (QED) is 0.751. The summed E-state index contributed by atoms with van der Waals surface area (Å²) < 4.78 is 0. The zero-order chi connectivity index (χ0) is 14.4. The van der Waals surface area contributed by atoms with Crippen LogP contribution in [-0.2, 0) is 4.79 Å². The van der Waals surface area contributed by atoms with Gasteiger partial charge in [0.15, 0.2) is 0 Å². The molecule has 0 radical (unpaired) electrons. The fourth-order valence-electron chi connectivity index (χ4n) is 2.50. The van der Waals surface area contributed by atoms with Gasteiger partial charge in [-0.15, -0.1) is 22.7 Å². The zero-order valence-corrected chi connectivity index (χ0v) is 12.9. The van der Waals surface area contributed by atoms with Crippen molar-refractivity contribution in [3.63, 3.8) is 0 Å². The molecule has 21 heavy (non-hydrogen) atoms. The lowest BCUT2D eigenvalue weighted by atomic mass is 10.00. The Hall–Kier alpha value is -1.98. The van der Waals surface area contributed by atoms with Crippen molar-refractivity contribution in [2.24, 2.45) is 0 Å². The molecule has 1 atom stereocenters. The number of nitrogens with zero attached hydrogens (tertiary/aromatic N) is 1. The number of amides is 1. The number of rotatable bonds is 2. The maximum Gasteiger partial charge on any atom is 0.231 e. The predicted octanol–water partition coefficient (Wildman–Crippen LogP) is 4.59. The molecular weight excluding hydrogens is 300 g/mol. The molecule has 0 saturated carbocycles. The van der Waals surface area contributed by atoms with Gasteiger partial charge in [-0.2, -0.15) is 0 Å². The van der Waals surface area contributed by atoms with Gasteiger partial charge in [-0.3, -0.25) is 4.79 Å². The summed E-state index contributed by atoms with van der Waals surface area (Å²) in [6.45, 7) is 1.93. The molecule has 0 spiro atoms. The number of hydrogen-bond donors (Lipinski definition) is 1. The minimum Gasteiger partial charge on any atom is -0.325 e. The largest absolute Gasteiger partial charge is 0.325 e. The van der Waals surface area contributed by atoms with Crippen LogP contribution in [0.1, 0.15) is 18.4 Å². The minimum atomic E-state index is -0.0876. The summed E-state index contributed by atoms with van der Waals surface area (Å²) in [6.07, 6.45) is 0. The summed E-state index contributed by atoms with van der Waals surface area (Å²) in [6, 6.07) is 10.2. The van der Waals surface area contributed by atoms with Crippen LogP contribution in [0.15, 0.2) is 41.1 Å². The molecule has 1 aromatic carbocycles. The van der Waals surface area contributed by atoms with Crippen LogP contribution in [0, 0.1) is 0 Å². The number of thiazole rings is 1. The Labute approximate surface area is 130 Å². The number of carbonyl (C=O) groups excluding carboxylic acids is 1. The molecular formula is C16H12N2OS2. The molecule has 0 aliphatic carbocycles. The summed E-state index contributed by atoms with van der Waals surface area (Å²) in [4.78, 5) is 17.6. The van der Waals surface area contributed by atoms with Gasteiger partial charge >= 0.3 is 0 Å². The van der Waals surface area contributed by atoms with Crippen molar-refractivity contribution in [3.05, 3.63) is 46.7 Å². The van der Waals surface area contributed by atoms with Gasteiger partial charge in [-0.1, -0.05) is 12.1 Å². The lowest BCUT2D eigenvalue weighted by Crippen LogP contribution is -2.08. The highest BCUT2D eigenvalue weighted by Gasteiger charge is 2.26. The first kappa shape index (κ1) is 12.7. The SMILES string of the molecule is CC1C(=O)Nc2ccc(-c3csc(-c4cccs4)n3)cc21. The van der Waals surface area contributed by atoms with Gasteiger partial charge in [0.2, 0.25) is 5.91 Å². The molecule has 4 rings (SSSR count). The molecule has 3 aromatic rings. The standard InChI is InChI=1S/C16H12N2OS2/c1-9-11-7-10(4-5-12(11)17-15(9)19)13-8-21-16(18-13)14-3-2-6-20-14/h2-9H,1H3,(H,17,19). The monoisotopic (exact) mass is 312 g/mol. The second kappa shape index (κ2) is 4.79. The molecule has 0 saturated heterocycles. The first-order valence-electron chi connectivity index (χ1n) is 6.67. The van der Waals surface area contributed by atoms with Crippen molar-refractivity contribution in [2.75, 3.05) is 5.32 Å². The van der Waals surface area contributed by atoms with Gasteiger partial charge in [0.1, 0.15) is 5.01 Å². The Morgan fingerprint density at radius 2 is 2.14 bits per heavy atom. The summed E-state index contributed by atoms with van der Waals surface area (Å²) >= 11 is 3.35. The van der Waals surface area contributed by atoms with E-state index >= 15 is 0 Å². The second-order valence-corrected chi connectivity index (χ2v) is 6.83. The van der Waals surface area contributed by atoms with Gasteiger partial charge < -0.3 is 5.32 Å². The average Bonchev–Trinajstić information content (AvgIpc) is 3.20. The Bertz CT molecular complexity index is 821. The van der Waals surface area contributed by atoms with E-state index < -0.39 is 0 Å². The van der Waals surface area contributed by atoms with E-state index in [9.17, 15) is 4.79 Å². The van der Waals surface area contributed by atoms with Crippen LogP contribution in [0.25, 0.3) is 21.1 Å². The van der Waals surface area contributed by atoms with Gasteiger partial charge in [-0.25, -0.2) is 4.98 Å². The molecule has 0 bridgehead atoms. The Kier molecular flexibility index (Phi) is 2.90. The lowest BCUT2D eigenvalue weighted by Gasteiger charge is -2.03. The first-order chi connectivity index (χ1) is 10.2. The molecule has 5 heteroatoms. The van der Waals surface area contributed by atoms with Crippen LogP contribution in [0.2, 0.25) is 0 Å². The molecule has 1 N–H and O–H groups in total. The summed E-state index contributed by atoms with van der Waals surface area (Å²) in [5.74, 6) is -0.0185. The predicted molar refractivity (Wildman–Crippen MR) is 87.9 cm³/mol. The maximum atomic E-state index is 11.7. The van der Waals surface area contributed by atoms with Crippen molar-refractivity contribution < 1.29 is 4.79 Å². The van der Waals surface area contributed by atoms with Crippen molar-refractivity contribution in [1.29, 1.82) is 0 Å². The molecule has 1 aliphatic heterocycles. The van der Waals surface area contributed by atoms with E-state index in [0.29, 0.717) is 0 Å². The smallest absolute Gasteiger partial charge is 0.231 e. The normalized spacial score (nSPS) is 16.8. The van der Waals surface area contributed by atoms with Crippen LogP contribution in [0.5, 0.6) is 0 Å². The van der Waals surface area contributed by atoms with Gasteiger partial charge in [0, 0.05) is 16.6 Å². The van der Waals surface area contributed by atoms with Gasteiger partial charge in [0.25, 0.3) is 0 Å². The summed E-state index contributed by atoms with van der Waals surface area (Å²) in [7, 11) is 0. The number of hydrogen-bond acceptors (Lipinski definition) is 4. The third-order valence-corrected chi connectivity index (χ3v) is 5.58. The maximum absolute atomic E-state index is 11.7. The second-order valence-electron chi connectivity index (χ2n) is 5.03. The number of nitrogens with one attached hydrogen (secondary N) is 1. The number of fused-ring (bicyclic) bond motifs is 1. The third kappa shape index (κ3) is 2.09. The number of aromatic nitrogens is 1. The molecule has 2 aromatic heterocycles. The summed E-state index contributed by atoms with van der Waals surface area (Å²) in [5, 5.41) is 8.08. The van der Waals surface area contributed by atoms with E-state index in [4.69, 9.17) is 4.98 Å².